The van der Waals surface area contributed by atoms with Gasteiger partial charge in [0.05, 0.1) is 0 Å². The Hall–Kier alpha value is -1.49. The van der Waals surface area contributed by atoms with E-state index in [1.165, 1.54) is 12.3 Å². The van der Waals surface area contributed by atoms with Crippen molar-refractivity contribution in [3.63, 3.8) is 0 Å². The molecule has 0 aliphatic heterocycles. The summed E-state index contributed by atoms with van der Waals surface area (Å²) in [4.78, 5) is 14.7. The fraction of sp³-hybridized carbons (Fsp3) is 0.500. The Bertz CT molecular complexity index is 443. The van der Waals surface area contributed by atoms with Gasteiger partial charge in [-0.05, 0) is 17.0 Å². The van der Waals surface area contributed by atoms with Crippen LogP contribution in [0.2, 0.25) is 5.15 Å². The molecule has 0 aliphatic rings. The summed E-state index contributed by atoms with van der Waals surface area (Å²) in [5, 5.41) is 9.51. The molecule has 0 radical (unpaired) electrons. The van der Waals surface area contributed by atoms with Crippen molar-refractivity contribution in [2.75, 3.05) is 0 Å². The van der Waals surface area contributed by atoms with Gasteiger partial charge in [0.2, 0.25) is 0 Å². The summed E-state index contributed by atoms with van der Waals surface area (Å²) in [7, 11) is 0. The van der Waals surface area contributed by atoms with E-state index in [9.17, 15) is 9.90 Å². The average Bonchev–Trinajstić information content (AvgIpc) is 2.20. The van der Waals surface area contributed by atoms with E-state index in [-0.39, 0.29) is 16.3 Å². The van der Waals surface area contributed by atoms with Gasteiger partial charge in [0.15, 0.2) is 10.9 Å². The van der Waals surface area contributed by atoms with Crippen molar-refractivity contribution in [1.82, 2.24) is 4.98 Å². The minimum absolute atomic E-state index is 0.0434. The number of halogens is 1. The van der Waals surface area contributed by atoms with Gasteiger partial charge in [-0.3, -0.25) is 0 Å². The van der Waals surface area contributed by atoms with Gasteiger partial charge >= 0.3 is 6.09 Å². The van der Waals surface area contributed by atoms with Gasteiger partial charge in [0.25, 0.3) is 0 Å². The van der Waals surface area contributed by atoms with E-state index in [1.54, 1.807) is 0 Å². The molecule has 1 rings (SSSR count). The zero-order valence-electron chi connectivity index (χ0n) is 10.6. The molecule has 0 aromatic carbocycles. The molecular weight excluding hydrogens is 256 g/mol. The summed E-state index contributed by atoms with van der Waals surface area (Å²) in [5.41, 5.74) is 5.50. The standard InChI is InChI=1S/C12H17ClN2O3/c1-12(2,3)9(18-11(14)17)5-7-4-8(16)10(13)15-6-7/h4,6,9,16H,5H2,1-3H3,(H2,14,17)/t9-/m0/s1. The largest absolute Gasteiger partial charge is 0.505 e. The van der Waals surface area contributed by atoms with Gasteiger partial charge in [-0.25, -0.2) is 9.78 Å². The van der Waals surface area contributed by atoms with Gasteiger partial charge in [-0.1, -0.05) is 32.4 Å². The summed E-state index contributed by atoms with van der Waals surface area (Å²) in [6.45, 7) is 5.80. The lowest BCUT2D eigenvalue weighted by atomic mass is 9.85. The molecule has 0 fully saturated rings. The van der Waals surface area contributed by atoms with Crippen LogP contribution in [-0.2, 0) is 11.2 Å². The van der Waals surface area contributed by atoms with Gasteiger partial charge < -0.3 is 15.6 Å². The number of aromatic nitrogens is 1. The Labute approximate surface area is 111 Å². The van der Waals surface area contributed by atoms with Crippen LogP contribution in [-0.4, -0.2) is 22.3 Å². The molecule has 0 spiro atoms. The predicted molar refractivity (Wildman–Crippen MR) is 68.5 cm³/mol. The van der Waals surface area contributed by atoms with Crippen molar-refractivity contribution in [3.8, 4) is 5.75 Å². The maximum Gasteiger partial charge on any atom is 0.404 e. The highest BCUT2D eigenvalue weighted by molar-refractivity contribution is 6.30. The Morgan fingerprint density at radius 2 is 2.22 bits per heavy atom. The molecule has 1 aromatic rings. The molecular formula is C12H17ClN2O3. The number of rotatable bonds is 3. The number of nitrogens with zero attached hydrogens (tertiary/aromatic N) is 1. The summed E-state index contributed by atoms with van der Waals surface area (Å²) in [6, 6.07) is 1.50. The number of ether oxygens (including phenoxy) is 1. The van der Waals surface area contributed by atoms with Crippen molar-refractivity contribution in [3.05, 3.63) is 23.0 Å². The lowest BCUT2D eigenvalue weighted by Gasteiger charge is -2.29. The first-order chi connectivity index (χ1) is 8.20. The number of hydrogen-bond donors (Lipinski definition) is 2. The third-order valence-corrected chi connectivity index (χ3v) is 2.81. The Balaban J connectivity index is 2.89. The first kappa shape index (κ1) is 14.6. The molecule has 1 amide bonds. The van der Waals surface area contributed by atoms with E-state index in [1.807, 2.05) is 20.8 Å². The number of amides is 1. The fourth-order valence-corrected chi connectivity index (χ4v) is 1.57. The zero-order valence-corrected chi connectivity index (χ0v) is 11.4. The summed E-state index contributed by atoms with van der Waals surface area (Å²) in [5.74, 6) is -0.0964. The third-order valence-electron chi connectivity index (χ3n) is 2.52. The van der Waals surface area contributed by atoms with Crippen LogP contribution < -0.4 is 5.73 Å². The molecule has 5 nitrogen and oxygen atoms in total. The number of carbonyl (C=O) groups excluding carboxylic acids is 1. The van der Waals surface area contributed by atoms with Crippen molar-refractivity contribution >= 4 is 17.7 Å². The van der Waals surface area contributed by atoms with E-state index in [2.05, 4.69) is 4.98 Å². The van der Waals surface area contributed by atoms with E-state index in [4.69, 9.17) is 22.1 Å². The predicted octanol–water partition coefficient (Wildman–Crippen LogP) is 2.49. The number of nitrogens with two attached hydrogens (primary N) is 1. The maximum atomic E-state index is 10.9. The highest BCUT2D eigenvalue weighted by Crippen LogP contribution is 2.27. The SMILES string of the molecule is CC(C)(C)[C@H](Cc1cnc(Cl)c(O)c1)OC(N)=O. The molecule has 0 saturated heterocycles. The molecule has 0 bridgehead atoms. The van der Waals surface area contributed by atoms with Crippen LogP contribution in [0.3, 0.4) is 0 Å². The summed E-state index contributed by atoms with van der Waals surface area (Å²) >= 11 is 5.62. The van der Waals surface area contributed by atoms with Crippen LogP contribution >= 0.6 is 11.6 Å². The third kappa shape index (κ3) is 4.07. The Kier molecular flexibility index (Phi) is 4.40. The van der Waals surface area contributed by atoms with E-state index < -0.39 is 12.2 Å². The number of primary amides is 1. The van der Waals surface area contributed by atoms with Crippen molar-refractivity contribution in [1.29, 1.82) is 0 Å². The zero-order chi connectivity index (χ0) is 13.9. The normalized spacial score (nSPS) is 13.1. The monoisotopic (exact) mass is 272 g/mol. The van der Waals surface area contributed by atoms with Gasteiger partial charge in [-0.2, -0.15) is 0 Å². The Morgan fingerprint density at radius 3 is 2.67 bits per heavy atom. The average molecular weight is 273 g/mol. The lowest BCUT2D eigenvalue weighted by Crippen LogP contribution is -2.35. The number of hydrogen-bond acceptors (Lipinski definition) is 4. The molecule has 0 saturated carbocycles. The van der Waals surface area contributed by atoms with E-state index in [0.29, 0.717) is 6.42 Å². The molecule has 1 heterocycles. The highest BCUT2D eigenvalue weighted by Gasteiger charge is 2.28. The first-order valence-electron chi connectivity index (χ1n) is 5.49. The molecule has 1 atom stereocenters. The molecule has 0 unspecified atom stereocenters. The highest BCUT2D eigenvalue weighted by atomic mass is 35.5. The topological polar surface area (TPSA) is 85.4 Å². The van der Waals surface area contributed by atoms with Crippen LogP contribution in [0.1, 0.15) is 26.3 Å². The van der Waals surface area contributed by atoms with Crippen molar-refractivity contribution in [2.24, 2.45) is 11.1 Å². The second kappa shape index (κ2) is 5.44. The molecule has 18 heavy (non-hydrogen) atoms. The summed E-state index contributed by atoms with van der Waals surface area (Å²) in [6.07, 6.45) is 0.716. The first-order valence-corrected chi connectivity index (χ1v) is 5.87. The molecule has 0 aliphatic carbocycles. The number of aromatic hydroxyl groups is 1. The number of pyridine rings is 1. The van der Waals surface area contributed by atoms with Gasteiger partial charge in [-0.15, -0.1) is 0 Å². The van der Waals surface area contributed by atoms with Crippen LogP contribution in [0.5, 0.6) is 5.75 Å². The van der Waals surface area contributed by atoms with Crippen molar-refractivity contribution in [2.45, 2.75) is 33.3 Å². The minimum Gasteiger partial charge on any atom is -0.505 e. The van der Waals surface area contributed by atoms with Crippen LogP contribution in [0.15, 0.2) is 12.3 Å². The smallest absolute Gasteiger partial charge is 0.404 e. The molecule has 6 heteroatoms. The van der Waals surface area contributed by atoms with Gasteiger partial charge in [0.1, 0.15) is 6.10 Å². The van der Waals surface area contributed by atoms with Gasteiger partial charge in [0, 0.05) is 12.6 Å². The van der Waals surface area contributed by atoms with E-state index >= 15 is 0 Å². The minimum atomic E-state index is -0.818. The Morgan fingerprint density at radius 1 is 1.61 bits per heavy atom. The van der Waals surface area contributed by atoms with E-state index in [0.717, 1.165) is 5.56 Å². The van der Waals surface area contributed by atoms with Crippen molar-refractivity contribution < 1.29 is 14.6 Å². The lowest BCUT2D eigenvalue weighted by molar-refractivity contribution is 0.0373. The molecule has 1 aromatic heterocycles. The second-order valence-corrected chi connectivity index (χ2v) is 5.51. The molecule has 100 valence electrons. The quantitative estimate of drug-likeness (QED) is 0.828. The fourth-order valence-electron chi connectivity index (χ4n) is 1.47. The van der Waals surface area contributed by atoms with Crippen LogP contribution in [0.4, 0.5) is 4.79 Å². The second-order valence-electron chi connectivity index (χ2n) is 5.15. The summed E-state index contributed by atoms with van der Waals surface area (Å²) < 4.78 is 5.09. The molecule has 3 N–H and O–H groups in total. The number of carbonyl (C=O) groups is 1. The maximum absolute atomic E-state index is 10.9. The van der Waals surface area contributed by atoms with Crippen LogP contribution in [0, 0.1) is 5.41 Å². The van der Waals surface area contributed by atoms with Crippen LogP contribution in [0.25, 0.3) is 0 Å².